The van der Waals surface area contributed by atoms with E-state index < -0.39 is 0 Å². The lowest BCUT2D eigenvalue weighted by atomic mass is 9.90. The van der Waals surface area contributed by atoms with Gasteiger partial charge in [-0.3, -0.25) is 4.90 Å². The van der Waals surface area contributed by atoms with Crippen LogP contribution in [0, 0.1) is 5.92 Å². The first-order chi connectivity index (χ1) is 16.7. The van der Waals surface area contributed by atoms with Crippen LogP contribution in [0.15, 0.2) is 59.6 Å². The summed E-state index contributed by atoms with van der Waals surface area (Å²) in [4.78, 5) is 9.65. The van der Waals surface area contributed by atoms with Crippen LogP contribution in [0.25, 0.3) is 10.4 Å². The zero-order valence-electron chi connectivity index (χ0n) is 19.5. The standard InChI is InChI=1S/C27H32ClN3OS2/c28-23-8-6-22(7-9-23)26-18-29-27(33-26)19-30-14-16-31(17-15-30)34-25-12-10-24(11-13-25)32-20-21-4-2-1-3-5-21/h6-13,18,21H,1-5,14-17,19-20H2. The van der Waals surface area contributed by atoms with Crippen molar-refractivity contribution in [2.45, 2.75) is 43.5 Å². The molecular weight excluding hydrogens is 482 g/mol. The maximum Gasteiger partial charge on any atom is 0.119 e. The van der Waals surface area contributed by atoms with Crippen molar-refractivity contribution >= 4 is 34.9 Å². The van der Waals surface area contributed by atoms with Crippen LogP contribution in [0.5, 0.6) is 5.75 Å². The zero-order chi connectivity index (χ0) is 23.2. The van der Waals surface area contributed by atoms with Crippen LogP contribution >= 0.6 is 34.9 Å². The van der Waals surface area contributed by atoms with E-state index in [9.17, 15) is 0 Å². The Kier molecular flexibility index (Phi) is 8.46. The van der Waals surface area contributed by atoms with E-state index in [-0.39, 0.29) is 0 Å². The summed E-state index contributed by atoms with van der Waals surface area (Å²) in [5.74, 6) is 1.74. The largest absolute Gasteiger partial charge is 0.493 e. The van der Waals surface area contributed by atoms with E-state index in [1.165, 1.54) is 52.4 Å². The summed E-state index contributed by atoms with van der Waals surface area (Å²) in [5, 5.41) is 1.94. The van der Waals surface area contributed by atoms with E-state index in [0.29, 0.717) is 0 Å². The predicted molar refractivity (Wildman–Crippen MR) is 144 cm³/mol. The lowest BCUT2D eigenvalue weighted by Gasteiger charge is -2.33. The van der Waals surface area contributed by atoms with E-state index in [1.54, 1.807) is 11.3 Å². The van der Waals surface area contributed by atoms with E-state index in [0.717, 1.165) is 56.0 Å². The van der Waals surface area contributed by atoms with Gasteiger partial charge in [0.1, 0.15) is 10.8 Å². The molecule has 0 unspecified atom stereocenters. The Morgan fingerprint density at radius 2 is 1.68 bits per heavy atom. The molecule has 1 aromatic heterocycles. The summed E-state index contributed by atoms with van der Waals surface area (Å²) >= 11 is 9.65. The molecule has 0 bridgehead atoms. The fourth-order valence-electron chi connectivity index (χ4n) is 4.61. The number of hydrogen-bond donors (Lipinski definition) is 0. The van der Waals surface area contributed by atoms with Gasteiger partial charge >= 0.3 is 0 Å². The number of benzene rings is 2. The Bertz CT molecular complexity index is 1030. The summed E-state index contributed by atoms with van der Waals surface area (Å²) in [6, 6.07) is 16.6. The molecule has 0 amide bonds. The highest BCUT2D eigenvalue weighted by atomic mass is 35.5. The van der Waals surface area contributed by atoms with Crippen LogP contribution in [0.3, 0.4) is 0 Å². The zero-order valence-corrected chi connectivity index (χ0v) is 21.9. The first-order valence-corrected chi connectivity index (χ1v) is 14.3. The molecule has 0 radical (unpaired) electrons. The molecule has 5 rings (SSSR count). The molecule has 1 aliphatic carbocycles. The maximum atomic E-state index is 6.06. The van der Waals surface area contributed by atoms with Crippen LogP contribution < -0.4 is 4.74 Å². The first-order valence-electron chi connectivity index (χ1n) is 12.3. The quantitative estimate of drug-likeness (QED) is 0.296. The molecule has 0 N–H and O–H groups in total. The molecule has 7 heteroatoms. The number of rotatable bonds is 8. The van der Waals surface area contributed by atoms with Crippen LogP contribution in [-0.2, 0) is 6.54 Å². The summed E-state index contributed by atoms with van der Waals surface area (Å²) in [5.41, 5.74) is 1.18. The van der Waals surface area contributed by atoms with Gasteiger partial charge in [0.05, 0.1) is 18.0 Å². The molecule has 1 saturated carbocycles. The van der Waals surface area contributed by atoms with Gasteiger partial charge in [-0.05, 0) is 72.7 Å². The minimum atomic E-state index is 0.743. The van der Waals surface area contributed by atoms with Crippen molar-refractivity contribution < 1.29 is 4.74 Å². The van der Waals surface area contributed by atoms with Crippen LogP contribution in [0.1, 0.15) is 37.1 Å². The van der Waals surface area contributed by atoms with Crippen molar-refractivity contribution in [1.82, 2.24) is 14.2 Å². The van der Waals surface area contributed by atoms with Crippen molar-refractivity contribution in [2.75, 3.05) is 32.8 Å². The van der Waals surface area contributed by atoms with Crippen molar-refractivity contribution in [3.8, 4) is 16.2 Å². The minimum absolute atomic E-state index is 0.743. The van der Waals surface area contributed by atoms with E-state index >= 15 is 0 Å². The predicted octanol–water partition coefficient (Wildman–Crippen LogP) is 7.25. The number of thiazole rings is 1. The van der Waals surface area contributed by atoms with Crippen molar-refractivity contribution in [2.24, 2.45) is 5.92 Å². The lowest BCUT2D eigenvalue weighted by Crippen LogP contribution is -2.42. The summed E-state index contributed by atoms with van der Waals surface area (Å²) in [6.45, 7) is 6.02. The summed E-state index contributed by atoms with van der Waals surface area (Å²) in [7, 11) is 0. The molecule has 1 aliphatic heterocycles. The number of hydrogen-bond acceptors (Lipinski definition) is 6. The van der Waals surface area contributed by atoms with E-state index in [4.69, 9.17) is 16.3 Å². The van der Waals surface area contributed by atoms with E-state index in [1.807, 2.05) is 30.3 Å². The summed E-state index contributed by atoms with van der Waals surface area (Å²) < 4.78 is 8.52. The van der Waals surface area contributed by atoms with Crippen LogP contribution in [-0.4, -0.2) is 47.0 Å². The van der Waals surface area contributed by atoms with Crippen molar-refractivity contribution in [3.05, 3.63) is 64.8 Å². The minimum Gasteiger partial charge on any atom is -0.493 e. The van der Waals surface area contributed by atoms with Gasteiger partial charge in [-0.1, -0.05) is 43.0 Å². The first kappa shape index (κ1) is 24.1. The van der Waals surface area contributed by atoms with Crippen LogP contribution in [0.4, 0.5) is 0 Å². The van der Waals surface area contributed by atoms with Gasteiger partial charge in [0, 0.05) is 42.3 Å². The number of halogens is 1. The molecular formula is C27H32ClN3OS2. The Balaban J connectivity index is 1.05. The monoisotopic (exact) mass is 513 g/mol. The molecule has 2 fully saturated rings. The molecule has 34 heavy (non-hydrogen) atoms. The lowest BCUT2D eigenvalue weighted by molar-refractivity contribution is 0.189. The molecule has 2 aromatic carbocycles. The van der Waals surface area contributed by atoms with Gasteiger partial charge in [-0.2, -0.15) is 0 Å². The molecule has 1 saturated heterocycles. The van der Waals surface area contributed by atoms with Gasteiger partial charge in [0.25, 0.3) is 0 Å². The molecule has 0 atom stereocenters. The fourth-order valence-corrected chi connectivity index (χ4v) is 6.61. The van der Waals surface area contributed by atoms with Gasteiger partial charge < -0.3 is 4.74 Å². The average molecular weight is 514 g/mol. The topological polar surface area (TPSA) is 28.6 Å². The maximum absolute atomic E-state index is 6.06. The third-order valence-corrected chi connectivity index (χ3v) is 9.03. The Morgan fingerprint density at radius 1 is 0.941 bits per heavy atom. The number of aromatic nitrogens is 1. The molecule has 2 aliphatic rings. The number of ether oxygens (including phenoxy) is 1. The highest BCUT2D eigenvalue weighted by molar-refractivity contribution is 7.97. The molecule has 3 aromatic rings. The molecule has 0 spiro atoms. The van der Waals surface area contributed by atoms with Gasteiger partial charge in [0.15, 0.2) is 0 Å². The third kappa shape index (κ3) is 6.76. The Hall–Kier alpha value is -1.57. The van der Waals surface area contributed by atoms with Crippen molar-refractivity contribution in [3.63, 3.8) is 0 Å². The normalized spacial score (nSPS) is 18.3. The third-order valence-electron chi connectivity index (χ3n) is 6.64. The SMILES string of the molecule is Clc1ccc(-c2cnc(CN3CCN(Sc4ccc(OCC5CCCCC5)cc4)CC3)s2)cc1. The van der Waals surface area contributed by atoms with Crippen molar-refractivity contribution in [1.29, 1.82) is 0 Å². The smallest absolute Gasteiger partial charge is 0.119 e. The Morgan fingerprint density at radius 3 is 2.41 bits per heavy atom. The number of piperazine rings is 1. The van der Waals surface area contributed by atoms with Gasteiger partial charge in [-0.25, -0.2) is 9.29 Å². The second-order valence-corrected chi connectivity index (χ2v) is 11.9. The molecule has 4 nitrogen and oxygen atoms in total. The highest BCUT2D eigenvalue weighted by Crippen LogP contribution is 2.30. The number of nitrogens with zero attached hydrogens (tertiary/aromatic N) is 3. The molecule has 180 valence electrons. The second kappa shape index (κ2) is 11.9. The van der Waals surface area contributed by atoms with Gasteiger partial charge in [0.2, 0.25) is 0 Å². The van der Waals surface area contributed by atoms with Crippen LogP contribution in [0.2, 0.25) is 5.02 Å². The van der Waals surface area contributed by atoms with Gasteiger partial charge in [-0.15, -0.1) is 11.3 Å². The highest BCUT2D eigenvalue weighted by Gasteiger charge is 2.19. The summed E-state index contributed by atoms with van der Waals surface area (Å²) in [6.07, 6.45) is 8.76. The Labute approximate surface area is 216 Å². The fraction of sp³-hybridized carbons (Fsp3) is 0.444. The van der Waals surface area contributed by atoms with E-state index in [2.05, 4.69) is 50.6 Å². The molecule has 2 heterocycles. The second-order valence-electron chi connectivity index (χ2n) is 9.21. The average Bonchev–Trinajstić information content (AvgIpc) is 3.34.